The third-order valence-corrected chi connectivity index (χ3v) is 12.7. The van der Waals surface area contributed by atoms with Gasteiger partial charge in [-0.1, -0.05) is 54.0 Å². The van der Waals surface area contributed by atoms with Gasteiger partial charge in [-0.3, -0.25) is 4.79 Å². The fourth-order valence-electron chi connectivity index (χ4n) is 10.3. The minimum atomic E-state index is -0.192. The first-order valence-electron chi connectivity index (χ1n) is 13.3. The second-order valence-electron chi connectivity index (χ2n) is 13.8. The molecule has 0 aliphatic heterocycles. The molecule has 0 aromatic heterocycles. The molecule has 0 aromatic rings. The number of hydrogen-bond acceptors (Lipinski definition) is 2. The number of hydrogen-bond donors (Lipinski definition) is 1. The lowest BCUT2D eigenvalue weighted by molar-refractivity contribution is -0.185. The van der Waals surface area contributed by atoms with Crippen LogP contribution >= 0.6 is 0 Å². The van der Waals surface area contributed by atoms with Crippen molar-refractivity contribution < 1.29 is 9.90 Å². The van der Waals surface area contributed by atoms with Crippen LogP contribution in [0.3, 0.4) is 0 Å². The minimum absolute atomic E-state index is 0.0278. The lowest BCUT2D eigenvalue weighted by Crippen LogP contribution is -2.65. The van der Waals surface area contributed by atoms with E-state index in [0.717, 1.165) is 25.2 Å². The molecule has 5 aliphatic carbocycles. The highest BCUT2D eigenvalue weighted by Gasteiger charge is 2.68. The van der Waals surface area contributed by atoms with E-state index in [4.69, 9.17) is 0 Å². The van der Waals surface area contributed by atoms with E-state index in [2.05, 4.69) is 54.5 Å². The van der Waals surface area contributed by atoms with Crippen molar-refractivity contribution in [3.8, 4) is 0 Å². The monoisotopic (exact) mass is 426 g/mol. The zero-order chi connectivity index (χ0) is 22.6. The van der Waals surface area contributed by atoms with Crippen molar-refractivity contribution in [3.63, 3.8) is 0 Å². The molecule has 0 spiro atoms. The Morgan fingerprint density at radius 3 is 2.29 bits per heavy atom. The summed E-state index contributed by atoms with van der Waals surface area (Å²) in [6, 6.07) is 0. The van der Waals surface area contributed by atoms with Crippen molar-refractivity contribution in [2.45, 2.75) is 106 Å². The SMILES string of the molecule is C[C@H]1[C@H](C)CC[C@]2(C)CC[C@]3(C)C(=CC(=O)[C@@H]4[C@@]5(C)CCC(O)[C@@H](C)[C@@H]5CC[C@]43C)[C@H]12. The summed E-state index contributed by atoms with van der Waals surface area (Å²) in [7, 11) is 0. The Kier molecular flexibility index (Phi) is 4.80. The first-order chi connectivity index (χ1) is 14.4. The molecule has 1 unspecified atom stereocenters. The van der Waals surface area contributed by atoms with Crippen LogP contribution in [0.4, 0.5) is 0 Å². The predicted octanol–water partition coefficient (Wildman–Crippen LogP) is 6.81. The molecule has 5 aliphatic rings. The Bertz CT molecular complexity index is 814. The minimum Gasteiger partial charge on any atom is -0.393 e. The number of fused-ring (bicyclic) bond motifs is 7. The van der Waals surface area contributed by atoms with Crippen LogP contribution in [0, 0.1) is 57.2 Å². The molecule has 0 saturated heterocycles. The van der Waals surface area contributed by atoms with Crippen LogP contribution in [-0.2, 0) is 4.79 Å². The largest absolute Gasteiger partial charge is 0.393 e. The second-order valence-corrected chi connectivity index (χ2v) is 13.8. The van der Waals surface area contributed by atoms with Gasteiger partial charge in [0.1, 0.15) is 0 Å². The van der Waals surface area contributed by atoms with Crippen molar-refractivity contribution in [2.75, 3.05) is 0 Å². The van der Waals surface area contributed by atoms with Crippen LogP contribution in [0.15, 0.2) is 11.6 Å². The number of ketones is 1. The van der Waals surface area contributed by atoms with Gasteiger partial charge in [0.05, 0.1) is 6.10 Å². The summed E-state index contributed by atoms with van der Waals surface area (Å²) in [5, 5.41) is 10.6. The molecule has 0 radical (unpaired) electrons. The molecule has 2 heteroatoms. The van der Waals surface area contributed by atoms with Gasteiger partial charge in [-0.15, -0.1) is 0 Å². The van der Waals surface area contributed by atoms with Gasteiger partial charge in [-0.2, -0.15) is 0 Å². The molecule has 2 nitrogen and oxygen atoms in total. The van der Waals surface area contributed by atoms with Crippen molar-refractivity contribution in [1.29, 1.82) is 0 Å². The number of carbonyl (C=O) groups is 1. The molecule has 0 heterocycles. The van der Waals surface area contributed by atoms with Crippen LogP contribution in [-0.4, -0.2) is 17.0 Å². The van der Waals surface area contributed by atoms with Gasteiger partial charge in [-0.25, -0.2) is 0 Å². The Morgan fingerprint density at radius 1 is 0.871 bits per heavy atom. The van der Waals surface area contributed by atoms with Crippen molar-refractivity contribution >= 4 is 5.78 Å². The molecule has 4 fully saturated rings. The molecule has 0 bridgehead atoms. The summed E-state index contributed by atoms with van der Waals surface area (Å²) >= 11 is 0. The summed E-state index contributed by atoms with van der Waals surface area (Å²) in [6.45, 7) is 17.1. The van der Waals surface area contributed by atoms with Crippen LogP contribution in [0.5, 0.6) is 0 Å². The number of aliphatic hydroxyl groups excluding tert-OH is 1. The highest BCUT2D eigenvalue weighted by atomic mass is 16.3. The van der Waals surface area contributed by atoms with Crippen molar-refractivity contribution in [2.24, 2.45) is 57.2 Å². The topological polar surface area (TPSA) is 37.3 Å². The zero-order valence-electron chi connectivity index (χ0n) is 21.1. The van der Waals surface area contributed by atoms with Crippen LogP contribution in [0.2, 0.25) is 0 Å². The van der Waals surface area contributed by atoms with Gasteiger partial charge in [0.2, 0.25) is 0 Å². The standard InChI is InChI=1S/C29H46O2/c1-17-8-11-26(4)14-15-28(6)21(24(26)18(17)2)16-23(31)25-27(5)12-10-22(30)19(3)20(27)9-13-29(25,28)7/h16-20,22,24-25,30H,8-15H2,1-7H3/t17-,18+,19+,20+,22?,24+,25-,26-,27+,28-,29-/m1/s1. The molecule has 11 atom stereocenters. The van der Waals surface area contributed by atoms with E-state index < -0.39 is 0 Å². The smallest absolute Gasteiger partial charge is 0.159 e. The lowest BCUT2D eigenvalue weighted by Gasteiger charge is -2.69. The third kappa shape index (κ3) is 2.64. The fraction of sp³-hybridized carbons (Fsp3) is 0.897. The second kappa shape index (κ2) is 6.71. The normalized spacial score (nSPS) is 59.0. The predicted molar refractivity (Wildman–Crippen MR) is 126 cm³/mol. The zero-order valence-corrected chi connectivity index (χ0v) is 21.1. The molecule has 0 amide bonds. The molecule has 5 rings (SSSR count). The molecule has 4 saturated carbocycles. The van der Waals surface area contributed by atoms with Gasteiger partial charge in [0, 0.05) is 5.92 Å². The molecule has 31 heavy (non-hydrogen) atoms. The third-order valence-electron chi connectivity index (χ3n) is 12.7. The van der Waals surface area contributed by atoms with Gasteiger partial charge in [-0.05, 0) is 109 Å². The lowest BCUT2D eigenvalue weighted by atomic mass is 9.34. The van der Waals surface area contributed by atoms with Gasteiger partial charge in [0.25, 0.3) is 0 Å². The summed E-state index contributed by atoms with van der Waals surface area (Å²) < 4.78 is 0. The van der Waals surface area contributed by atoms with E-state index in [1.54, 1.807) is 0 Å². The van der Waals surface area contributed by atoms with Gasteiger partial charge in [0.15, 0.2) is 5.78 Å². The molecule has 1 N–H and O–H groups in total. The Labute approximate surface area is 190 Å². The van der Waals surface area contributed by atoms with Crippen LogP contribution in [0.25, 0.3) is 0 Å². The van der Waals surface area contributed by atoms with Gasteiger partial charge >= 0.3 is 0 Å². The average molecular weight is 427 g/mol. The number of allylic oxidation sites excluding steroid dienone is 2. The maximum atomic E-state index is 14.1. The van der Waals surface area contributed by atoms with E-state index >= 15 is 0 Å². The number of rotatable bonds is 0. The number of aliphatic hydroxyl groups is 1. The fourth-order valence-corrected chi connectivity index (χ4v) is 10.3. The Morgan fingerprint density at radius 2 is 1.58 bits per heavy atom. The van der Waals surface area contributed by atoms with E-state index in [9.17, 15) is 9.90 Å². The van der Waals surface area contributed by atoms with Crippen LogP contribution in [0.1, 0.15) is 99.8 Å². The van der Waals surface area contributed by atoms with E-state index in [0.29, 0.717) is 34.9 Å². The van der Waals surface area contributed by atoms with E-state index in [1.165, 1.54) is 37.7 Å². The molecule has 174 valence electrons. The Hall–Kier alpha value is -0.630. The van der Waals surface area contributed by atoms with Crippen LogP contribution < -0.4 is 0 Å². The van der Waals surface area contributed by atoms with E-state index in [-0.39, 0.29) is 28.3 Å². The quantitative estimate of drug-likeness (QED) is 0.462. The first kappa shape index (κ1) is 22.2. The average Bonchev–Trinajstić information content (AvgIpc) is 2.70. The Balaban J connectivity index is 1.63. The van der Waals surface area contributed by atoms with Gasteiger partial charge < -0.3 is 5.11 Å². The summed E-state index contributed by atoms with van der Waals surface area (Å²) in [6.07, 6.45) is 11.4. The maximum absolute atomic E-state index is 14.1. The van der Waals surface area contributed by atoms with E-state index in [1.807, 2.05) is 0 Å². The summed E-state index contributed by atoms with van der Waals surface area (Å²) in [5.74, 6) is 3.30. The summed E-state index contributed by atoms with van der Waals surface area (Å²) in [4.78, 5) is 14.1. The highest BCUT2D eigenvalue weighted by molar-refractivity contribution is 5.95. The van der Waals surface area contributed by atoms with Crippen molar-refractivity contribution in [3.05, 3.63) is 11.6 Å². The van der Waals surface area contributed by atoms with Crippen molar-refractivity contribution in [1.82, 2.24) is 0 Å². The highest BCUT2D eigenvalue weighted by Crippen LogP contribution is 2.74. The number of carbonyl (C=O) groups excluding carboxylic acids is 1. The molecule has 0 aromatic carbocycles. The molecular formula is C29H46O2. The maximum Gasteiger partial charge on any atom is 0.159 e. The first-order valence-corrected chi connectivity index (χ1v) is 13.3. The molecular weight excluding hydrogens is 380 g/mol. The summed E-state index contributed by atoms with van der Waals surface area (Å²) in [5.41, 5.74) is 2.11.